The molecule has 12 nitrogen and oxygen atoms in total. The average molecular weight is 469 g/mol. The first-order valence-corrected chi connectivity index (χ1v) is 10.3. The lowest BCUT2D eigenvalue weighted by Gasteiger charge is -2.20. The summed E-state index contributed by atoms with van der Waals surface area (Å²) in [6.07, 6.45) is 0.589. The zero-order valence-electron chi connectivity index (χ0n) is 17.9. The number of benzene rings is 2. The van der Waals surface area contributed by atoms with E-state index in [0.717, 1.165) is 11.0 Å². The van der Waals surface area contributed by atoms with Gasteiger partial charge in [-0.25, -0.2) is 4.79 Å². The molecule has 0 aromatic heterocycles. The first kappa shape index (κ1) is 22.7. The van der Waals surface area contributed by atoms with Crippen LogP contribution in [0.25, 0.3) is 0 Å². The lowest BCUT2D eigenvalue weighted by molar-refractivity contribution is -0.384. The van der Waals surface area contributed by atoms with Crippen LogP contribution in [-0.4, -0.2) is 59.4 Å². The molecule has 0 radical (unpaired) electrons. The molecule has 0 saturated carbocycles. The third-order valence-electron chi connectivity index (χ3n) is 5.24. The van der Waals surface area contributed by atoms with E-state index in [1.165, 1.54) is 25.1 Å². The standard InChI is InChI=1S/C22H19N3O9/c1-12(24-20(27)13-5-2-3-6-14(13)21(24)28)22(29)34-11-19(26)23-15-9-17-18(10-16(15)25(30)31)33-8-4-7-32-17/h2-3,5-6,9-10,12H,4,7-8,11H2,1H3,(H,23,26). The van der Waals surface area contributed by atoms with Crippen LogP contribution < -0.4 is 14.8 Å². The van der Waals surface area contributed by atoms with E-state index >= 15 is 0 Å². The Morgan fingerprint density at radius 3 is 2.29 bits per heavy atom. The maximum absolute atomic E-state index is 12.5. The lowest BCUT2D eigenvalue weighted by Crippen LogP contribution is -2.44. The highest BCUT2D eigenvalue weighted by Gasteiger charge is 2.41. The first-order chi connectivity index (χ1) is 16.3. The Morgan fingerprint density at radius 2 is 1.71 bits per heavy atom. The molecule has 34 heavy (non-hydrogen) atoms. The molecule has 0 spiro atoms. The Labute approximate surface area is 192 Å². The van der Waals surface area contributed by atoms with Gasteiger partial charge in [0.15, 0.2) is 18.1 Å². The van der Waals surface area contributed by atoms with E-state index in [1.807, 2.05) is 0 Å². The number of nitro groups is 1. The minimum Gasteiger partial charge on any atom is -0.489 e. The second-order valence-corrected chi connectivity index (χ2v) is 7.48. The van der Waals surface area contributed by atoms with Crippen molar-refractivity contribution in [2.24, 2.45) is 0 Å². The molecule has 0 saturated heterocycles. The number of ether oxygens (including phenoxy) is 3. The predicted molar refractivity (Wildman–Crippen MR) is 115 cm³/mol. The quantitative estimate of drug-likeness (QED) is 0.289. The van der Waals surface area contributed by atoms with Crippen LogP contribution in [-0.2, 0) is 14.3 Å². The zero-order valence-corrected chi connectivity index (χ0v) is 17.9. The van der Waals surface area contributed by atoms with Gasteiger partial charge in [0, 0.05) is 12.5 Å². The van der Waals surface area contributed by atoms with Gasteiger partial charge in [0.25, 0.3) is 23.4 Å². The van der Waals surface area contributed by atoms with E-state index in [-0.39, 0.29) is 28.3 Å². The van der Waals surface area contributed by atoms with Crippen LogP contribution >= 0.6 is 0 Å². The van der Waals surface area contributed by atoms with Crippen LogP contribution in [0.1, 0.15) is 34.1 Å². The molecule has 2 aromatic rings. The Hall–Kier alpha value is -4.48. The van der Waals surface area contributed by atoms with Gasteiger partial charge in [0.1, 0.15) is 11.7 Å². The molecule has 2 aliphatic rings. The van der Waals surface area contributed by atoms with E-state index in [0.29, 0.717) is 19.6 Å². The second-order valence-electron chi connectivity index (χ2n) is 7.48. The second kappa shape index (κ2) is 9.17. The summed E-state index contributed by atoms with van der Waals surface area (Å²) in [5, 5.41) is 13.8. The SMILES string of the molecule is CC(C(=O)OCC(=O)Nc1cc2c(cc1[N+](=O)[O-])OCCCO2)N1C(=O)c2ccccc2C1=O. The predicted octanol–water partition coefficient (Wildman–Crippen LogP) is 1.92. The van der Waals surface area contributed by atoms with Crippen molar-refractivity contribution in [1.29, 1.82) is 0 Å². The fourth-order valence-corrected chi connectivity index (χ4v) is 3.56. The maximum Gasteiger partial charge on any atom is 0.329 e. The van der Waals surface area contributed by atoms with Crippen molar-refractivity contribution in [2.45, 2.75) is 19.4 Å². The topological polar surface area (TPSA) is 154 Å². The molecular formula is C22H19N3O9. The molecule has 0 bridgehead atoms. The van der Waals surface area contributed by atoms with Crippen LogP contribution in [0, 0.1) is 10.1 Å². The Kier molecular flexibility index (Phi) is 6.13. The molecule has 2 aromatic carbocycles. The minimum atomic E-state index is -1.28. The average Bonchev–Trinajstić information content (AvgIpc) is 2.95. The van der Waals surface area contributed by atoms with Gasteiger partial charge in [0.2, 0.25) is 0 Å². The first-order valence-electron chi connectivity index (χ1n) is 10.3. The van der Waals surface area contributed by atoms with Crippen molar-refractivity contribution in [2.75, 3.05) is 25.1 Å². The number of anilines is 1. The van der Waals surface area contributed by atoms with Crippen molar-refractivity contribution < 1.29 is 38.3 Å². The molecule has 0 fully saturated rings. The summed E-state index contributed by atoms with van der Waals surface area (Å²) in [5.74, 6) is -2.72. The minimum absolute atomic E-state index is 0.163. The number of hydrogen-bond donors (Lipinski definition) is 1. The smallest absolute Gasteiger partial charge is 0.329 e. The van der Waals surface area contributed by atoms with E-state index in [9.17, 15) is 29.3 Å². The number of carbonyl (C=O) groups excluding carboxylic acids is 4. The summed E-state index contributed by atoms with van der Waals surface area (Å²) in [6, 6.07) is 7.27. The number of hydrogen-bond acceptors (Lipinski definition) is 9. The Balaban J connectivity index is 1.41. The van der Waals surface area contributed by atoms with Gasteiger partial charge >= 0.3 is 5.97 Å². The van der Waals surface area contributed by atoms with E-state index in [1.54, 1.807) is 12.1 Å². The summed E-state index contributed by atoms with van der Waals surface area (Å²) >= 11 is 0. The maximum atomic E-state index is 12.5. The van der Waals surface area contributed by atoms with Gasteiger partial charge in [-0.05, 0) is 19.1 Å². The molecule has 1 atom stereocenters. The number of rotatable bonds is 6. The zero-order chi connectivity index (χ0) is 24.4. The van der Waals surface area contributed by atoms with Crippen molar-refractivity contribution in [3.8, 4) is 11.5 Å². The van der Waals surface area contributed by atoms with Crippen molar-refractivity contribution in [1.82, 2.24) is 4.90 Å². The Morgan fingerprint density at radius 1 is 1.12 bits per heavy atom. The van der Waals surface area contributed by atoms with E-state index in [4.69, 9.17) is 14.2 Å². The Bertz CT molecular complexity index is 1180. The molecular weight excluding hydrogens is 450 g/mol. The molecule has 12 heteroatoms. The number of imide groups is 1. The van der Waals surface area contributed by atoms with E-state index < -0.39 is 47.0 Å². The largest absolute Gasteiger partial charge is 0.489 e. The summed E-state index contributed by atoms with van der Waals surface area (Å²) in [5.41, 5.74) is -0.245. The third-order valence-corrected chi connectivity index (χ3v) is 5.24. The summed E-state index contributed by atoms with van der Waals surface area (Å²) in [7, 11) is 0. The number of carbonyl (C=O) groups is 4. The van der Waals surface area contributed by atoms with Gasteiger partial charge in [-0.15, -0.1) is 0 Å². The molecule has 176 valence electrons. The third kappa shape index (κ3) is 4.25. The number of nitrogens with zero attached hydrogens (tertiary/aromatic N) is 2. The highest BCUT2D eigenvalue weighted by Crippen LogP contribution is 2.39. The van der Waals surface area contributed by atoms with Crippen LogP contribution in [0.2, 0.25) is 0 Å². The summed E-state index contributed by atoms with van der Waals surface area (Å²) < 4.78 is 15.9. The fraction of sp³-hybridized carbons (Fsp3) is 0.273. The summed E-state index contributed by atoms with van der Waals surface area (Å²) in [4.78, 5) is 61.3. The van der Waals surface area contributed by atoms with E-state index in [2.05, 4.69) is 5.32 Å². The van der Waals surface area contributed by atoms with Crippen molar-refractivity contribution >= 4 is 35.1 Å². The molecule has 3 amide bonds. The lowest BCUT2D eigenvalue weighted by atomic mass is 10.1. The van der Waals surface area contributed by atoms with Gasteiger partial charge in [-0.1, -0.05) is 12.1 Å². The normalized spacial score (nSPS) is 15.3. The number of amides is 3. The highest BCUT2D eigenvalue weighted by molar-refractivity contribution is 6.22. The number of nitro benzene ring substituents is 1. The molecule has 4 rings (SSSR count). The molecule has 2 heterocycles. The van der Waals surface area contributed by atoms with Crippen LogP contribution in [0.3, 0.4) is 0 Å². The summed E-state index contributed by atoms with van der Waals surface area (Å²) in [6.45, 7) is 1.18. The van der Waals surface area contributed by atoms with Crippen LogP contribution in [0.15, 0.2) is 36.4 Å². The molecule has 1 unspecified atom stereocenters. The molecule has 1 N–H and O–H groups in total. The number of nitrogens with one attached hydrogen (secondary N) is 1. The fourth-order valence-electron chi connectivity index (χ4n) is 3.56. The molecule has 0 aliphatic carbocycles. The number of esters is 1. The van der Waals surface area contributed by atoms with Gasteiger partial charge in [0.05, 0.1) is 35.3 Å². The van der Waals surface area contributed by atoms with Crippen molar-refractivity contribution in [3.63, 3.8) is 0 Å². The van der Waals surface area contributed by atoms with Gasteiger partial charge in [-0.3, -0.25) is 29.4 Å². The van der Waals surface area contributed by atoms with Crippen molar-refractivity contribution in [3.05, 3.63) is 57.6 Å². The number of fused-ring (bicyclic) bond motifs is 2. The molecule has 2 aliphatic heterocycles. The van der Waals surface area contributed by atoms with Crippen LogP contribution in [0.5, 0.6) is 11.5 Å². The van der Waals surface area contributed by atoms with Crippen LogP contribution in [0.4, 0.5) is 11.4 Å². The highest BCUT2D eigenvalue weighted by atomic mass is 16.6. The van der Waals surface area contributed by atoms with Gasteiger partial charge < -0.3 is 19.5 Å². The van der Waals surface area contributed by atoms with Gasteiger partial charge in [-0.2, -0.15) is 0 Å². The monoisotopic (exact) mass is 469 g/mol.